The second-order valence-corrected chi connectivity index (χ2v) is 4.55. The van der Waals surface area contributed by atoms with Crippen LogP contribution in [0.25, 0.3) is 0 Å². The number of alkyl halides is 2. The average molecular weight is 243 g/mol. The summed E-state index contributed by atoms with van der Waals surface area (Å²) in [4.78, 5) is 2.26. The predicted molar refractivity (Wildman–Crippen MR) is 62.0 cm³/mol. The lowest BCUT2D eigenvalue weighted by Crippen LogP contribution is -2.19. The molecule has 96 valence electrons. The first-order valence-electron chi connectivity index (χ1n) is 6.18. The number of rotatable bonds is 2. The molecule has 2 heterocycles. The van der Waals surface area contributed by atoms with Crippen molar-refractivity contribution >= 4 is 0 Å². The van der Waals surface area contributed by atoms with Gasteiger partial charge in [-0.25, -0.2) is 4.68 Å². The number of fused-ring (bicyclic) bond motifs is 1. The van der Waals surface area contributed by atoms with E-state index in [1.807, 2.05) is 13.8 Å². The molecule has 0 radical (unpaired) electrons. The second-order valence-electron chi connectivity index (χ2n) is 4.55. The zero-order valence-corrected chi connectivity index (χ0v) is 10.5. The third kappa shape index (κ3) is 2.08. The van der Waals surface area contributed by atoms with Gasteiger partial charge in [0.15, 0.2) is 0 Å². The summed E-state index contributed by atoms with van der Waals surface area (Å²) in [6.45, 7) is 3.56. The van der Waals surface area contributed by atoms with Gasteiger partial charge in [0.2, 0.25) is 0 Å². The van der Waals surface area contributed by atoms with Gasteiger partial charge in [0, 0.05) is 30.9 Å². The van der Waals surface area contributed by atoms with Crippen LogP contribution in [-0.4, -0.2) is 34.8 Å². The van der Waals surface area contributed by atoms with Crippen LogP contribution in [0.2, 0.25) is 0 Å². The highest BCUT2D eigenvalue weighted by Gasteiger charge is 2.56. The van der Waals surface area contributed by atoms with Crippen molar-refractivity contribution in [3.8, 4) is 0 Å². The minimum absolute atomic E-state index is 0.317. The highest BCUT2D eigenvalue weighted by atomic mass is 19.3. The third-order valence-electron chi connectivity index (χ3n) is 3.60. The van der Waals surface area contributed by atoms with E-state index in [1.165, 1.54) is 6.20 Å². The molecule has 1 aliphatic carbocycles. The van der Waals surface area contributed by atoms with E-state index in [-0.39, 0.29) is 0 Å². The van der Waals surface area contributed by atoms with E-state index >= 15 is 0 Å². The van der Waals surface area contributed by atoms with Crippen LogP contribution in [-0.2, 0) is 0 Å². The van der Waals surface area contributed by atoms with Crippen molar-refractivity contribution in [2.75, 3.05) is 20.1 Å². The zero-order valence-electron chi connectivity index (χ0n) is 10.5. The molecule has 1 saturated heterocycles. The van der Waals surface area contributed by atoms with Crippen LogP contribution in [0.1, 0.15) is 32.0 Å². The summed E-state index contributed by atoms with van der Waals surface area (Å²) < 4.78 is 26.0. The van der Waals surface area contributed by atoms with Crippen LogP contribution in [0.15, 0.2) is 12.3 Å². The summed E-state index contributed by atoms with van der Waals surface area (Å²) >= 11 is 0. The SMILES string of the molecule is CC.CN1CC2C(C1)C2c1ccnn1C(F)F. The number of likely N-dealkylation sites (tertiary alicyclic amines) is 1. The Labute approximate surface area is 100 Å². The molecule has 0 aromatic carbocycles. The average Bonchev–Trinajstić information content (AvgIpc) is 2.76. The Balaban J connectivity index is 0.000000514. The van der Waals surface area contributed by atoms with Gasteiger partial charge in [-0.3, -0.25) is 0 Å². The van der Waals surface area contributed by atoms with Crippen molar-refractivity contribution in [1.29, 1.82) is 0 Å². The van der Waals surface area contributed by atoms with Crippen molar-refractivity contribution in [3.63, 3.8) is 0 Å². The van der Waals surface area contributed by atoms with Gasteiger partial charge in [-0.05, 0) is 24.9 Å². The van der Waals surface area contributed by atoms with E-state index in [4.69, 9.17) is 0 Å². The van der Waals surface area contributed by atoms with Crippen LogP contribution < -0.4 is 0 Å². The Bertz CT molecular complexity index is 366. The van der Waals surface area contributed by atoms with E-state index in [1.54, 1.807) is 6.07 Å². The van der Waals surface area contributed by atoms with Gasteiger partial charge in [-0.15, -0.1) is 0 Å². The van der Waals surface area contributed by atoms with Crippen molar-refractivity contribution < 1.29 is 8.78 Å². The highest BCUT2D eigenvalue weighted by Crippen LogP contribution is 2.57. The molecule has 0 spiro atoms. The number of hydrogen-bond acceptors (Lipinski definition) is 2. The molecule has 0 amide bonds. The number of hydrogen-bond donors (Lipinski definition) is 0. The second kappa shape index (κ2) is 4.72. The molecule has 2 aliphatic rings. The molecule has 2 fully saturated rings. The molecule has 17 heavy (non-hydrogen) atoms. The fraction of sp³-hybridized carbons (Fsp3) is 0.750. The van der Waals surface area contributed by atoms with Crippen LogP contribution in [0.3, 0.4) is 0 Å². The fourth-order valence-corrected chi connectivity index (χ4v) is 2.93. The van der Waals surface area contributed by atoms with Gasteiger partial charge < -0.3 is 4.90 Å². The normalized spacial score (nSPS) is 31.1. The molecule has 1 aromatic rings. The molecular formula is C12H19F2N3. The van der Waals surface area contributed by atoms with Crippen molar-refractivity contribution in [1.82, 2.24) is 14.7 Å². The molecule has 0 N–H and O–H groups in total. The molecule has 1 aromatic heterocycles. The Morgan fingerprint density at radius 2 is 1.88 bits per heavy atom. The largest absolute Gasteiger partial charge is 0.333 e. The molecule has 3 rings (SSSR count). The maximum atomic E-state index is 12.6. The van der Waals surface area contributed by atoms with Crippen molar-refractivity contribution in [2.24, 2.45) is 11.8 Å². The summed E-state index contributed by atoms with van der Waals surface area (Å²) in [5.41, 5.74) is 0.716. The molecular weight excluding hydrogens is 224 g/mol. The van der Waals surface area contributed by atoms with Crippen molar-refractivity contribution in [2.45, 2.75) is 26.3 Å². The maximum Gasteiger partial charge on any atom is 0.333 e. The molecule has 3 nitrogen and oxygen atoms in total. The fourth-order valence-electron chi connectivity index (χ4n) is 2.93. The van der Waals surface area contributed by atoms with Crippen LogP contribution >= 0.6 is 0 Å². The van der Waals surface area contributed by atoms with E-state index in [9.17, 15) is 8.78 Å². The lowest BCUT2D eigenvalue weighted by Gasteiger charge is -2.13. The minimum atomic E-state index is -2.51. The first-order chi connectivity index (χ1) is 8.18. The number of halogens is 2. The summed E-state index contributed by atoms with van der Waals surface area (Å²) in [5.74, 6) is 1.46. The van der Waals surface area contributed by atoms with E-state index in [2.05, 4.69) is 17.0 Å². The quantitative estimate of drug-likeness (QED) is 0.796. The maximum absolute atomic E-state index is 12.6. The van der Waals surface area contributed by atoms with Gasteiger partial charge in [0.05, 0.1) is 0 Å². The van der Waals surface area contributed by atoms with E-state index < -0.39 is 6.55 Å². The standard InChI is InChI=1S/C10H13F2N3.C2H6/c1-14-4-6-7(5-14)9(6)8-2-3-13-15(8)10(11)12;1-2/h2-3,6-7,9-10H,4-5H2,1H3;1-2H3. The Morgan fingerprint density at radius 1 is 1.29 bits per heavy atom. The predicted octanol–water partition coefficient (Wildman–Crippen LogP) is 2.58. The summed E-state index contributed by atoms with van der Waals surface area (Å²) in [5, 5.41) is 3.68. The molecule has 2 atom stereocenters. The van der Waals surface area contributed by atoms with Gasteiger partial charge in [0.25, 0.3) is 0 Å². The molecule has 1 aliphatic heterocycles. The number of aromatic nitrogens is 2. The summed E-state index contributed by atoms with van der Waals surface area (Å²) in [6.07, 6.45) is 1.47. The van der Waals surface area contributed by atoms with Crippen LogP contribution in [0.5, 0.6) is 0 Å². The Kier molecular flexibility index (Phi) is 3.47. The summed E-state index contributed by atoms with van der Waals surface area (Å²) in [6, 6.07) is 1.73. The van der Waals surface area contributed by atoms with Gasteiger partial charge in [-0.1, -0.05) is 13.8 Å². The minimum Gasteiger partial charge on any atom is -0.306 e. The molecule has 2 unspecified atom stereocenters. The highest BCUT2D eigenvalue weighted by molar-refractivity contribution is 5.24. The van der Waals surface area contributed by atoms with Gasteiger partial charge >= 0.3 is 6.55 Å². The van der Waals surface area contributed by atoms with Gasteiger partial charge in [0.1, 0.15) is 0 Å². The number of nitrogens with zero attached hydrogens (tertiary/aromatic N) is 3. The van der Waals surface area contributed by atoms with Gasteiger partial charge in [-0.2, -0.15) is 13.9 Å². The van der Waals surface area contributed by atoms with Crippen LogP contribution in [0, 0.1) is 11.8 Å². The Morgan fingerprint density at radius 3 is 2.41 bits per heavy atom. The first kappa shape index (κ1) is 12.5. The smallest absolute Gasteiger partial charge is 0.306 e. The first-order valence-corrected chi connectivity index (χ1v) is 6.18. The third-order valence-corrected chi connectivity index (χ3v) is 3.60. The van der Waals surface area contributed by atoms with E-state index in [0.717, 1.165) is 17.8 Å². The monoisotopic (exact) mass is 243 g/mol. The van der Waals surface area contributed by atoms with E-state index in [0.29, 0.717) is 23.4 Å². The molecule has 1 saturated carbocycles. The zero-order chi connectivity index (χ0) is 12.6. The van der Waals surface area contributed by atoms with Crippen molar-refractivity contribution in [3.05, 3.63) is 18.0 Å². The van der Waals surface area contributed by atoms with Crippen LogP contribution in [0.4, 0.5) is 8.78 Å². The molecule has 0 bridgehead atoms. The number of piperidine rings is 1. The topological polar surface area (TPSA) is 21.1 Å². The lowest BCUT2D eigenvalue weighted by atomic mass is 10.2. The molecule has 5 heteroatoms. The Hall–Kier alpha value is -0.970. The summed E-state index contributed by atoms with van der Waals surface area (Å²) in [7, 11) is 2.08. The lowest BCUT2D eigenvalue weighted by molar-refractivity contribution is 0.0529.